The minimum absolute atomic E-state index is 0.0960. The van der Waals surface area contributed by atoms with Crippen molar-refractivity contribution in [2.24, 2.45) is 0 Å². The van der Waals surface area contributed by atoms with Crippen LogP contribution in [-0.4, -0.2) is 39.7 Å². The molecule has 3 aromatic rings. The Morgan fingerprint density at radius 2 is 1.38 bits per heavy atom. The van der Waals surface area contributed by atoms with Gasteiger partial charge in [-0.05, 0) is 68.3 Å². The molecule has 2 aliphatic heterocycles. The predicted octanol–water partition coefficient (Wildman–Crippen LogP) is 5.77. The molecule has 0 bridgehead atoms. The van der Waals surface area contributed by atoms with E-state index in [0.29, 0.717) is 16.7 Å². The van der Waals surface area contributed by atoms with Crippen molar-refractivity contribution in [2.75, 3.05) is 0 Å². The van der Waals surface area contributed by atoms with Crippen molar-refractivity contribution in [1.82, 2.24) is 0 Å². The number of aliphatic carboxylic acids is 2. The van der Waals surface area contributed by atoms with Gasteiger partial charge in [0.2, 0.25) is 0 Å². The summed E-state index contributed by atoms with van der Waals surface area (Å²) in [5.74, 6) is -3.27. The van der Waals surface area contributed by atoms with Crippen LogP contribution in [0.1, 0.15) is 69.3 Å². The minimum Gasteiger partial charge on any atom is -0.481 e. The number of carboxylic acid groups (broad SMARTS) is 2. The first-order valence-electron chi connectivity index (χ1n) is 12.1. The van der Waals surface area contributed by atoms with Crippen LogP contribution in [0.4, 0.5) is 0 Å². The molecule has 3 aromatic carbocycles. The number of hydrogen-bond acceptors (Lipinski definition) is 7. The van der Waals surface area contributed by atoms with Gasteiger partial charge in [0.1, 0.15) is 17.1 Å². The maximum absolute atomic E-state index is 13.4. The zero-order valence-electron chi connectivity index (χ0n) is 21.5. The first kappa shape index (κ1) is 27.5. The van der Waals surface area contributed by atoms with Gasteiger partial charge in [-0.15, -0.1) is 0 Å². The van der Waals surface area contributed by atoms with E-state index in [-0.39, 0.29) is 43.8 Å². The number of fused-ring (bicyclic) bond motifs is 6. The summed E-state index contributed by atoms with van der Waals surface area (Å²) < 4.78 is 17.6. The summed E-state index contributed by atoms with van der Waals surface area (Å²) in [6, 6.07) is 10.3. The van der Waals surface area contributed by atoms with Crippen LogP contribution < -0.4 is 4.74 Å². The van der Waals surface area contributed by atoms with Gasteiger partial charge in [0.15, 0.2) is 5.60 Å². The van der Waals surface area contributed by atoms with E-state index < -0.39 is 47.9 Å². The zero-order chi connectivity index (χ0) is 29.1. The van der Waals surface area contributed by atoms with Gasteiger partial charge in [0.25, 0.3) is 0 Å². The van der Waals surface area contributed by atoms with Gasteiger partial charge in [-0.2, -0.15) is 0 Å². The number of hydrogen-bond donors (Lipinski definition) is 2. The molecule has 2 aliphatic rings. The lowest BCUT2D eigenvalue weighted by Crippen LogP contribution is -2.33. The molecule has 0 aliphatic carbocycles. The van der Waals surface area contributed by atoms with Crippen molar-refractivity contribution in [3.05, 3.63) is 91.5 Å². The van der Waals surface area contributed by atoms with Crippen molar-refractivity contribution in [3.8, 4) is 11.5 Å². The van der Waals surface area contributed by atoms with Crippen LogP contribution in [0.2, 0.25) is 10.0 Å². The van der Waals surface area contributed by atoms with Gasteiger partial charge in [-0.3, -0.25) is 9.59 Å². The molecule has 0 saturated carbocycles. The lowest BCUT2D eigenvalue weighted by molar-refractivity contribution is -0.137. The molecular weight excluding hydrogens is 563 g/mol. The van der Waals surface area contributed by atoms with Gasteiger partial charge in [0, 0.05) is 26.7 Å². The summed E-state index contributed by atoms with van der Waals surface area (Å²) in [4.78, 5) is 49.0. The summed E-state index contributed by atoms with van der Waals surface area (Å²) in [6.45, 7) is 5.17. The van der Waals surface area contributed by atoms with Gasteiger partial charge in [-0.1, -0.05) is 29.3 Å². The standard InChI is InChI=1S/C29H22Cl2O9/c1-28(2,3)39-26(36)13-4-5-17-16(6-13)27(37)40-29(17)18-11-20(30)14(9-24(32)33)7-22(18)38-23-8-15(10-25(34)35)21(31)12-19(23)29/h4-8,11-12H,9-10H2,1-3H3,(H,32,33)(H,34,35). The Morgan fingerprint density at radius 3 is 1.85 bits per heavy atom. The number of halogens is 2. The summed E-state index contributed by atoms with van der Waals surface area (Å²) >= 11 is 13.0. The molecule has 0 fully saturated rings. The molecule has 2 heterocycles. The first-order valence-corrected chi connectivity index (χ1v) is 12.8. The fourth-order valence-electron chi connectivity index (χ4n) is 4.90. The second-order valence-corrected chi connectivity index (χ2v) is 11.3. The smallest absolute Gasteiger partial charge is 0.340 e. The van der Waals surface area contributed by atoms with Gasteiger partial charge in [-0.25, -0.2) is 9.59 Å². The van der Waals surface area contributed by atoms with Gasteiger partial charge < -0.3 is 24.4 Å². The van der Waals surface area contributed by atoms with E-state index >= 15 is 0 Å². The topological polar surface area (TPSA) is 136 Å². The third kappa shape index (κ3) is 4.65. The highest BCUT2D eigenvalue weighted by atomic mass is 35.5. The Morgan fingerprint density at radius 1 is 0.850 bits per heavy atom. The number of carboxylic acids is 2. The third-order valence-corrected chi connectivity index (χ3v) is 7.16. The van der Waals surface area contributed by atoms with Crippen LogP contribution >= 0.6 is 23.2 Å². The highest BCUT2D eigenvalue weighted by molar-refractivity contribution is 6.32. The molecule has 2 N–H and O–H groups in total. The van der Waals surface area contributed by atoms with E-state index in [4.69, 9.17) is 37.4 Å². The quantitative estimate of drug-likeness (QED) is 0.358. The average molecular weight is 585 g/mol. The largest absolute Gasteiger partial charge is 0.481 e. The Balaban J connectivity index is 1.76. The summed E-state index contributed by atoms with van der Waals surface area (Å²) in [5.41, 5.74) is -0.675. The van der Waals surface area contributed by atoms with E-state index in [2.05, 4.69) is 0 Å². The maximum Gasteiger partial charge on any atom is 0.340 e. The number of carbonyl (C=O) groups is 4. The van der Waals surface area contributed by atoms with Gasteiger partial charge in [0.05, 0.1) is 24.0 Å². The molecule has 0 amide bonds. The molecule has 0 atom stereocenters. The normalized spacial score (nSPS) is 14.5. The number of benzene rings is 3. The van der Waals surface area contributed by atoms with E-state index in [1.807, 2.05) is 0 Å². The monoisotopic (exact) mass is 584 g/mol. The highest BCUT2D eigenvalue weighted by Crippen LogP contribution is 2.57. The SMILES string of the molecule is CC(C)(C)OC(=O)c1ccc2c(c1)C(=O)OC21c2cc(Cl)c(CC(=O)O)cc2Oc2cc(CC(=O)O)c(Cl)cc21. The Bertz CT molecular complexity index is 1560. The van der Waals surface area contributed by atoms with Crippen molar-refractivity contribution in [1.29, 1.82) is 0 Å². The molecule has 206 valence electrons. The number of carbonyl (C=O) groups excluding carboxylic acids is 2. The second-order valence-electron chi connectivity index (χ2n) is 10.5. The summed E-state index contributed by atoms with van der Waals surface area (Å²) in [6.07, 6.45) is -0.786. The molecule has 9 nitrogen and oxygen atoms in total. The lowest BCUT2D eigenvalue weighted by Gasteiger charge is -2.37. The molecule has 40 heavy (non-hydrogen) atoms. The van der Waals surface area contributed by atoms with Crippen molar-refractivity contribution in [3.63, 3.8) is 0 Å². The van der Waals surface area contributed by atoms with E-state index in [1.54, 1.807) is 26.8 Å². The van der Waals surface area contributed by atoms with E-state index in [1.165, 1.54) is 36.4 Å². The Hall–Kier alpha value is -4.08. The predicted molar refractivity (Wildman–Crippen MR) is 143 cm³/mol. The fourth-order valence-corrected chi connectivity index (χ4v) is 5.36. The number of ether oxygens (including phenoxy) is 3. The third-order valence-electron chi connectivity index (χ3n) is 6.46. The second kappa shape index (κ2) is 9.53. The van der Waals surface area contributed by atoms with Crippen LogP contribution in [0, 0.1) is 0 Å². The molecular formula is C29H22Cl2O9. The van der Waals surface area contributed by atoms with Crippen LogP contribution in [0.15, 0.2) is 42.5 Å². The van der Waals surface area contributed by atoms with Crippen molar-refractivity contribution in [2.45, 2.75) is 44.8 Å². The Labute approximate surface area is 238 Å². The first-order chi connectivity index (χ1) is 18.7. The molecule has 11 heteroatoms. The minimum atomic E-state index is -1.64. The van der Waals surface area contributed by atoms with Crippen LogP contribution in [-0.2, 0) is 37.5 Å². The summed E-state index contributed by atoms with van der Waals surface area (Å²) in [7, 11) is 0. The zero-order valence-corrected chi connectivity index (χ0v) is 23.0. The Kier molecular flexibility index (Phi) is 6.55. The fraction of sp³-hybridized carbons (Fsp3) is 0.241. The highest BCUT2D eigenvalue weighted by Gasteiger charge is 2.54. The van der Waals surface area contributed by atoms with E-state index in [0.717, 1.165) is 0 Å². The molecule has 0 unspecified atom stereocenters. The van der Waals surface area contributed by atoms with Crippen LogP contribution in [0.3, 0.4) is 0 Å². The van der Waals surface area contributed by atoms with Crippen LogP contribution in [0.5, 0.6) is 11.5 Å². The molecule has 5 rings (SSSR count). The molecule has 0 saturated heterocycles. The summed E-state index contributed by atoms with van der Waals surface area (Å²) in [5, 5.41) is 18.9. The van der Waals surface area contributed by atoms with Crippen LogP contribution in [0.25, 0.3) is 0 Å². The molecule has 0 aromatic heterocycles. The number of rotatable bonds is 5. The maximum atomic E-state index is 13.4. The van der Waals surface area contributed by atoms with E-state index in [9.17, 15) is 29.4 Å². The van der Waals surface area contributed by atoms with Crippen molar-refractivity contribution < 1.29 is 43.6 Å². The molecule has 0 radical (unpaired) electrons. The van der Waals surface area contributed by atoms with Gasteiger partial charge >= 0.3 is 23.9 Å². The van der Waals surface area contributed by atoms with Crippen molar-refractivity contribution >= 4 is 47.1 Å². The lowest BCUT2D eigenvalue weighted by atomic mass is 9.76. The number of esters is 2. The molecule has 1 spiro atoms. The average Bonchev–Trinajstić information content (AvgIpc) is 3.12.